The molecule has 0 unspecified atom stereocenters. The van der Waals surface area contributed by atoms with Gasteiger partial charge in [0.15, 0.2) is 0 Å². The second-order valence-electron chi connectivity index (χ2n) is 5.14. The van der Waals surface area contributed by atoms with Gasteiger partial charge in [-0.2, -0.15) is 4.37 Å². The Labute approximate surface area is 88.9 Å². The first-order chi connectivity index (χ1) is 6.35. The highest BCUT2D eigenvalue weighted by atomic mass is 32.1. The first-order valence-corrected chi connectivity index (χ1v) is 5.62. The van der Waals surface area contributed by atoms with Crippen LogP contribution in [0.3, 0.4) is 0 Å². The third kappa shape index (κ3) is 1.21. The van der Waals surface area contributed by atoms with Crippen molar-refractivity contribution in [2.24, 2.45) is 10.8 Å². The van der Waals surface area contributed by atoms with E-state index in [0.717, 1.165) is 5.00 Å². The summed E-state index contributed by atoms with van der Waals surface area (Å²) in [6, 6.07) is 2.42. The van der Waals surface area contributed by atoms with Crippen LogP contribution in [0, 0.1) is 10.8 Å². The molecule has 3 N–H and O–H groups in total. The van der Waals surface area contributed by atoms with Gasteiger partial charge in [-0.15, -0.1) is 0 Å². The maximum absolute atomic E-state index is 5.57. The molecule has 1 aliphatic rings. The number of hydrogen-bond acceptors (Lipinski definition) is 4. The van der Waals surface area contributed by atoms with Crippen LogP contribution in [0.1, 0.15) is 27.7 Å². The molecule has 1 fully saturated rings. The monoisotopic (exact) mass is 211 g/mol. The Morgan fingerprint density at radius 2 is 1.93 bits per heavy atom. The van der Waals surface area contributed by atoms with Crippen LogP contribution in [-0.2, 0) is 0 Å². The van der Waals surface area contributed by atoms with Crippen molar-refractivity contribution in [2.75, 3.05) is 11.1 Å². The summed E-state index contributed by atoms with van der Waals surface area (Å²) in [6.07, 6.45) is 0. The van der Waals surface area contributed by atoms with Crippen molar-refractivity contribution in [3.05, 3.63) is 6.07 Å². The fraction of sp³-hybridized carbons (Fsp3) is 0.700. The standard InChI is InChI=1S/C10H17N3S/c1-9(2)8(10(9,3)4)12-7-5-6(11)13-14-7/h5,8,12H,1-4H3,(H2,11,13). The minimum absolute atomic E-state index is 0.353. The molecule has 0 aliphatic heterocycles. The summed E-state index contributed by atoms with van der Waals surface area (Å²) in [4.78, 5) is 0. The van der Waals surface area contributed by atoms with Crippen LogP contribution in [0.25, 0.3) is 0 Å². The van der Waals surface area contributed by atoms with Crippen LogP contribution in [0.2, 0.25) is 0 Å². The maximum Gasteiger partial charge on any atom is 0.139 e. The Balaban J connectivity index is 2.08. The van der Waals surface area contributed by atoms with Gasteiger partial charge < -0.3 is 11.1 Å². The lowest BCUT2D eigenvalue weighted by atomic mass is 10.0. The summed E-state index contributed by atoms with van der Waals surface area (Å²) in [5, 5.41) is 4.57. The SMILES string of the molecule is CC1(C)C(Nc2cc(N)ns2)C1(C)C. The number of aromatic nitrogens is 1. The summed E-state index contributed by atoms with van der Waals surface area (Å²) in [5.74, 6) is 0.605. The minimum Gasteiger partial charge on any atom is -0.383 e. The molecule has 1 saturated carbocycles. The number of hydrogen-bond donors (Lipinski definition) is 2. The average Bonchev–Trinajstić information content (AvgIpc) is 2.47. The van der Waals surface area contributed by atoms with Gasteiger partial charge in [-0.1, -0.05) is 27.7 Å². The summed E-state index contributed by atoms with van der Waals surface area (Å²) in [7, 11) is 0. The van der Waals surface area contributed by atoms with Gasteiger partial charge in [-0.05, 0) is 22.4 Å². The van der Waals surface area contributed by atoms with Crippen LogP contribution < -0.4 is 11.1 Å². The lowest BCUT2D eigenvalue weighted by Crippen LogP contribution is -2.08. The summed E-state index contributed by atoms with van der Waals surface area (Å²) in [6.45, 7) is 9.15. The molecule has 0 aromatic carbocycles. The van der Waals surface area contributed by atoms with Crippen molar-refractivity contribution < 1.29 is 0 Å². The second-order valence-corrected chi connectivity index (χ2v) is 5.94. The van der Waals surface area contributed by atoms with Gasteiger partial charge >= 0.3 is 0 Å². The molecule has 0 atom stereocenters. The topological polar surface area (TPSA) is 50.9 Å². The van der Waals surface area contributed by atoms with Crippen LogP contribution in [0.5, 0.6) is 0 Å². The Morgan fingerprint density at radius 3 is 2.29 bits per heavy atom. The smallest absolute Gasteiger partial charge is 0.139 e. The van der Waals surface area contributed by atoms with E-state index in [0.29, 0.717) is 22.7 Å². The molecule has 14 heavy (non-hydrogen) atoms. The van der Waals surface area contributed by atoms with E-state index < -0.39 is 0 Å². The molecule has 78 valence electrons. The number of anilines is 2. The first-order valence-electron chi connectivity index (χ1n) is 4.84. The van der Waals surface area contributed by atoms with Gasteiger partial charge in [-0.3, -0.25) is 0 Å². The van der Waals surface area contributed by atoms with E-state index in [1.54, 1.807) is 0 Å². The van der Waals surface area contributed by atoms with Crippen molar-refractivity contribution in [1.82, 2.24) is 4.37 Å². The van der Waals surface area contributed by atoms with Crippen molar-refractivity contribution >= 4 is 22.4 Å². The molecular weight excluding hydrogens is 194 g/mol. The molecule has 0 saturated heterocycles. The molecular formula is C10H17N3S. The minimum atomic E-state index is 0.353. The zero-order chi connectivity index (χ0) is 10.6. The molecule has 0 radical (unpaired) electrons. The number of nitrogens with one attached hydrogen (secondary N) is 1. The van der Waals surface area contributed by atoms with Gasteiger partial charge in [0.25, 0.3) is 0 Å². The summed E-state index contributed by atoms with van der Waals surface area (Å²) < 4.78 is 4.05. The first kappa shape index (κ1) is 9.77. The molecule has 1 aliphatic carbocycles. The molecule has 2 rings (SSSR count). The van der Waals surface area contributed by atoms with Crippen LogP contribution in [-0.4, -0.2) is 10.4 Å². The van der Waals surface area contributed by atoms with Crippen molar-refractivity contribution in [2.45, 2.75) is 33.7 Å². The van der Waals surface area contributed by atoms with Crippen molar-refractivity contribution in [3.8, 4) is 0 Å². The van der Waals surface area contributed by atoms with E-state index in [4.69, 9.17) is 5.73 Å². The highest BCUT2D eigenvalue weighted by Gasteiger charge is 2.65. The summed E-state index contributed by atoms with van der Waals surface area (Å²) >= 11 is 1.43. The largest absolute Gasteiger partial charge is 0.383 e. The molecule has 0 amide bonds. The lowest BCUT2D eigenvalue weighted by molar-refractivity contribution is 0.457. The van der Waals surface area contributed by atoms with Gasteiger partial charge in [0.2, 0.25) is 0 Å². The maximum atomic E-state index is 5.57. The van der Waals surface area contributed by atoms with Crippen molar-refractivity contribution in [1.29, 1.82) is 0 Å². The lowest BCUT2D eigenvalue weighted by Gasteiger charge is -2.03. The van der Waals surface area contributed by atoms with E-state index in [2.05, 4.69) is 37.4 Å². The zero-order valence-electron chi connectivity index (χ0n) is 9.09. The molecule has 0 bridgehead atoms. The van der Waals surface area contributed by atoms with Gasteiger partial charge in [-0.25, -0.2) is 0 Å². The number of nitrogen functional groups attached to an aromatic ring is 1. The quantitative estimate of drug-likeness (QED) is 0.790. The van der Waals surface area contributed by atoms with E-state index in [9.17, 15) is 0 Å². The number of nitrogens with two attached hydrogens (primary N) is 1. The molecule has 3 nitrogen and oxygen atoms in total. The zero-order valence-corrected chi connectivity index (χ0v) is 9.90. The highest BCUT2D eigenvalue weighted by Crippen LogP contribution is 2.63. The van der Waals surface area contributed by atoms with Gasteiger partial charge in [0.05, 0.1) is 0 Å². The Morgan fingerprint density at radius 1 is 1.36 bits per heavy atom. The van der Waals surface area contributed by atoms with E-state index >= 15 is 0 Å². The predicted octanol–water partition coefficient (Wildman–Crippen LogP) is 2.57. The second kappa shape index (κ2) is 2.63. The van der Waals surface area contributed by atoms with Crippen LogP contribution >= 0.6 is 11.5 Å². The van der Waals surface area contributed by atoms with E-state index in [-0.39, 0.29) is 0 Å². The summed E-state index contributed by atoms with van der Waals surface area (Å²) in [5.41, 5.74) is 6.28. The highest BCUT2D eigenvalue weighted by molar-refractivity contribution is 7.10. The Bertz CT molecular complexity index is 340. The van der Waals surface area contributed by atoms with E-state index in [1.165, 1.54) is 11.5 Å². The number of rotatable bonds is 2. The predicted molar refractivity (Wildman–Crippen MR) is 61.5 cm³/mol. The van der Waals surface area contributed by atoms with Crippen molar-refractivity contribution in [3.63, 3.8) is 0 Å². The van der Waals surface area contributed by atoms with E-state index in [1.807, 2.05) is 6.07 Å². The fourth-order valence-corrected chi connectivity index (χ4v) is 2.66. The average molecular weight is 211 g/mol. The van der Waals surface area contributed by atoms with Gasteiger partial charge in [0, 0.05) is 12.1 Å². The van der Waals surface area contributed by atoms with Crippen LogP contribution in [0.4, 0.5) is 10.8 Å². The molecule has 1 aromatic heterocycles. The third-order valence-electron chi connectivity index (χ3n) is 3.84. The molecule has 4 heteroatoms. The van der Waals surface area contributed by atoms with Gasteiger partial charge in [0.1, 0.15) is 10.8 Å². The third-order valence-corrected chi connectivity index (χ3v) is 4.57. The molecule has 1 aromatic rings. The van der Waals surface area contributed by atoms with Crippen LogP contribution in [0.15, 0.2) is 6.07 Å². The molecule has 0 spiro atoms. The Hall–Kier alpha value is -0.770. The Kier molecular flexibility index (Phi) is 1.83. The fourth-order valence-electron chi connectivity index (χ4n) is 2.06. The number of nitrogens with zero attached hydrogens (tertiary/aromatic N) is 1. The molecule has 1 heterocycles. The normalized spacial score (nSPS) is 23.4.